The van der Waals surface area contributed by atoms with Gasteiger partial charge in [0.2, 0.25) is 0 Å². The van der Waals surface area contributed by atoms with Gasteiger partial charge in [-0.15, -0.1) is 0 Å². The average Bonchev–Trinajstić information content (AvgIpc) is 3.42. The first kappa shape index (κ1) is 26.6. The van der Waals surface area contributed by atoms with Crippen molar-refractivity contribution in [3.63, 3.8) is 0 Å². The molecule has 0 saturated carbocycles. The Morgan fingerprint density at radius 1 is 1.13 bits per heavy atom. The molecule has 11 heteroatoms. The van der Waals surface area contributed by atoms with Gasteiger partial charge < -0.3 is 19.6 Å². The van der Waals surface area contributed by atoms with E-state index >= 15 is 4.39 Å². The normalized spacial score (nSPS) is 11.4. The van der Waals surface area contributed by atoms with Crippen molar-refractivity contribution in [2.24, 2.45) is 7.05 Å². The molecule has 0 atom stereocenters. The van der Waals surface area contributed by atoms with E-state index in [1.165, 1.54) is 46.5 Å². The van der Waals surface area contributed by atoms with Crippen molar-refractivity contribution < 1.29 is 28.6 Å². The van der Waals surface area contributed by atoms with Gasteiger partial charge in [-0.3, -0.25) is 19.6 Å². The summed E-state index contributed by atoms with van der Waals surface area (Å²) in [5, 5.41) is 18.9. The van der Waals surface area contributed by atoms with Gasteiger partial charge in [0.05, 0.1) is 35.3 Å². The number of anilines is 2. The lowest BCUT2D eigenvalue weighted by Crippen LogP contribution is -2.27. The maximum absolute atomic E-state index is 15.5. The number of fused-ring (bicyclic) bond motifs is 1. The van der Waals surface area contributed by atoms with Gasteiger partial charge in [-0.25, -0.2) is 9.18 Å². The summed E-state index contributed by atoms with van der Waals surface area (Å²) in [6.45, 7) is 6.18. The first-order chi connectivity index (χ1) is 17.9. The van der Waals surface area contributed by atoms with Crippen LogP contribution < -0.4 is 10.6 Å². The minimum Gasteiger partial charge on any atom is -0.444 e. The number of nitrogens with one attached hydrogen (secondary N) is 2. The summed E-state index contributed by atoms with van der Waals surface area (Å²) in [6.07, 6.45) is 3.95. The maximum Gasteiger partial charge on any atom is 0.412 e. The van der Waals surface area contributed by atoms with Gasteiger partial charge in [-0.05, 0) is 56.7 Å². The van der Waals surface area contributed by atoms with Crippen LogP contribution in [0.15, 0.2) is 48.9 Å². The number of Topliss-reactive ketones (excluding diaryl/α,β-unsaturated/α-hetero) is 1. The van der Waals surface area contributed by atoms with Gasteiger partial charge in [0, 0.05) is 43.2 Å². The van der Waals surface area contributed by atoms with Crippen LogP contribution in [0.1, 0.15) is 54.1 Å². The van der Waals surface area contributed by atoms with Crippen molar-refractivity contribution in [1.82, 2.24) is 14.2 Å². The molecule has 4 aromatic rings. The van der Waals surface area contributed by atoms with Gasteiger partial charge in [-0.1, -0.05) is 0 Å². The van der Waals surface area contributed by atoms with E-state index in [1.54, 1.807) is 46.3 Å². The van der Waals surface area contributed by atoms with Gasteiger partial charge in [0.25, 0.3) is 5.91 Å². The molecule has 3 heterocycles. The Kier molecular flexibility index (Phi) is 7.05. The molecular formula is C27H28FN5O5. The second-order valence-electron chi connectivity index (χ2n) is 9.82. The number of carbonyl (C=O) groups is 3. The van der Waals surface area contributed by atoms with Crippen LogP contribution in [-0.4, -0.2) is 42.7 Å². The number of carbonyl (C=O) groups excluding carboxylic acids is 3. The fourth-order valence-electron chi connectivity index (χ4n) is 3.98. The van der Waals surface area contributed by atoms with Crippen molar-refractivity contribution in [2.45, 2.75) is 39.9 Å². The fraction of sp³-hybridized carbons (Fsp3) is 0.259. The van der Waals surface area contributed by atoms with Gasteiger partial charge >= 0.3 is 6.09 Å². The number of pyridine rings is 1. The Morgan fingerprint density at radius 2 is 1.87 bits per heavy atom. The van der Waals surface area contributed by atoms with Crippen LogP contribution in [-0.2, 0) is 18.4 Å². The van der Waals surface area contributed by atoms with E-state index in [2.05, 4.69) is 15.7 Å². The molecule has 3 N–H and O–H groups in total. The van der Waals surface area contributed by atoms with Gasteiger partial charge in [0.1, 0.15) is 5.60 Å². The first-order valence-electron chi connectivity index (χ1n) is 11.8. The number of aryl methyl sites for hydroxylation is 1. The molecule has 2 amide bonds. The van der Waals surface area contributed by atoms with E-state index in [-0.39, 0.29) is 34.9 Å². The van der Waals surface area contributed by atoms with E-state index in [0.29, 0.717) is 22.3 Å². The Hall–Kier alpha value is -4.51. The molecule has 1 aromatic carbocycles. The Bertz CT molecular complexity index is 1560. The lowest BCUT2D eigenvalue weighted by Gasteiger charge is -2.19. The number of aliphatic hydroxyl groups is 1. The number of aliphatic hydroxyl groups excluding tert-OH is 1. The van der Waals surface area contributed by atoms with Crippen molar-refractivity contribution in [3.05, 3.63) is 71.6 Å². The topological polar surface area (TPSA) is 127 Å². The van der Waals surface area contributed by atoms with Crippen molar-refractivity contribution >= 4 is 34.7 Å². The van der Waals surface area contributed by atoms with Crippen LogP contribution in [0.5, 0.6) is 0 Å². The summed E-state index contributed by atoms with van der Waals surface area (Å²) in [7, 11) is 1.69. The number of hydrogen-bond donors (Lipinski definition) is 3. The van der Waals surface area contributed by atoms with E-state index in [1.807, 2.05) is 0 Å². The second kappa shape index (κ2) is 10.1. The highest BCUT2D eigenvalue weighted by Crippen LogP contribution is 2.31. The minimum absolute atomic E-state index is 0.0831. The number of amides is 2. The Morgan fingerprint density at radius 3 is 2.47 bits per heavy atom. The summed E-state index contributed by atoms with van der Waals surface area (Å²) < 4.78 is 23.8. The SMILES string of the molecule is CC(=O)c1cc(C(=O)Nc2cc(CO)cc(-c3cnn(C)c3)c2F)c2cc(NC(=O)OC(C)(C)C)ccn12. The lowest BCUT2D eigenvalue weighted by atomic mass is 10.0. The number of ketones is 1. The third kappa shape index (κ3) is 5.57. The van der Waals surface area contributed by atoms with Crippen molar-refractivity contribution in [2.75, 3.05) is 10.6 Å². The van der Waals surface area contributed by atoms with Crippen LogP contribution in [0.3, 0.4) is 0 Å². The average molecular weight is 522 g/mol. The third-order valence-corrected chi connectivity index (χ3v) is 5.60. The van der Waals surface area contributed by atoms with Crippen LogP contribution in [0, 0.1) is 5.82 Å². The third-order valence-electron chi connectivity index (χ3n) is 5.60. The van der Waals surface area contributed by atoms with E-state index in [0.717, 1.165) is 0 Å². The molecule has 198 valence electrons. The van der Waals surface area contributed by atoms with Gasteiger partial charge in [0.15, 0.2) is 11.6 Å². The van der Waals surface area contributed by atoms with Gasteiger partial charge in [-0.2, -0.15) is 5.10 Å². The minimum atomic E-state index is -0.710. The zero-order valence-corrected chi connectivity index (χ0v) is 21.6. The highest BCUT2D eigenvalue weighted by atomic mass is 19.1. The smallest absolute Gasteiger partial charge is 0.412 e. The first-order valence-corrected chi connectivity index (χ1v) is 11.8. The molecule has 4 rings (SSSR count). The molecule has 10 nitrogen and oxygen atoms in total. The molecule has 0 unspecified atom stereocenters. The Balaban J connectivity index is 1.73. The van der Waals surface area contributed by atoms with Crippen LogP contribution in [0.25, 0.3) is 16.6 Å². The molecule has 0 aliphatic rings. The van der Waals surface area contributed by atoms with E-state index in [9.17, 15) is 19.5 Å². The summed E-state index contributed by atoms with van der Waals surface area (Å²) in [5.74, 6) is -1.68. The molecule has 0 saturated heterocycles. The number of benzene rings is 1. The fourth-order valence-corrected chi connectivity index (χ4v) is 3.98. The Labute approximate surface area is 218 Å². The molecule has 0 spiro atoms. The van der Waals surface area contributed by atoms with Crippen LogP contribution in [0.4, 0.5) is 20.6 Å². The van der Waals surface area contributed by atoms with E-state index < -0.39 is 23.4 Å². The quantitative estimate of drug-likeness (QED) is 0.314. The molecule has 0 radical (unpaired) electrons. The lowest BCUT2D eigenvalue weighted by molar-refractivity contribution is 0.0635. The zero-order chi connectivity index (χ0) is 27.8. The highest BCUT2D eigenvalue weighted by molar-refractivity contribution is 6.12. The molecule has 0 bridgehead atoms. The molecule has 0 aliphatic carbocycles. The summed E-state index contributed by atoms with van der Waals surface area (Å²) in [6, 6.07) is 7.31. The molecule has 0 fully saturated rings. The van der Waals surface area contributed by atoms with Crippen LogP contribution >= 0.6 is 0 Å². The number of nitrogens with zero attached hydrogens (tertiary/aromatic N) is 3. The second-order valence-corrected chi connectivity index (χ2v) is 9.82. The van der Waals surface area contributed by atoms with Crippen molar-refractivity contribution in [3.8, 4) is 11.1 Å². The van der Waals surface area contributed by atoms with Crippen molar-refractivity contribution in [1.29, 1.82) is 0 Å². The summed E-state index contributed by atoms with van der Waals surface area (Å²) in [5.41, 5.74) is 1.13. The largest absolute Gasteiger partial charge is 0.444 e. The summed E-state index contributed by atoms with van der Waals surface area (Å²) in [4.78, 5) is 37.9. The number of aromatic nitrogens is 3. The number of halogens is 1. The monoisotopic (exact) mass is 521 g/mol. The predicted octanol–water partition coefficient (Wildman–Crippen LogP) is 4.77. The highest BCUT2D eigenvalue weighted by Gasteiger charge is 2.22. The number of hydrogen-bond acceptors (Lipinski definition) is 6. The molecular weight excluding hydrogens is 493 g/mol. The van der Waals surface area contributed by atoms with E-state index in [4.69, 9.17) is 4.74 Å². The molecule has 38 heavy (non-hydrogen) atoms. The maximum atomic E-state index is 15.5. The number of ether oxygens (including phenoxy) is 1. The molecule has 0 aliphatic heterocycles. The predicted molar refractivity (Wildman–Crippen MR) is 140 cm³/mol. The summed E-state index contributed by atoms with van der Waals surface area (Å²) >= 11 is 0. The van der Waals surface area contributed by atoms with Crippen LogP contribution in [0.2, 0.25) is 0 Å². The molecule has 3 aromatic heterocycles. The zero-order valence-electron chi connectivity index (χ0n) is 21.6. The number of rotatable bonds is 6. The standard InChI is InChI=1S/C27H28FN5O5/c1-15(35)22-11-20(23-10-18(6-7-33(22)23)30-26(37)38-27(2,3)4)25(36)31-21-9-16(14-34)8-19(24(21)28)17-12-29-32(5)13-17/h6-13,34H,14H2,1-5H3,(H,30,37)(H,31,36).